The molecule has 0 aromatic heterocycles. The van der Waals surface area contributed by atoms with Gasteiger partial charge in [0.15, 0.2) is 6.10 Å². The maximum Gasteiger partial charge on any atom is 0.306 e. The van der Waals surface area contributed by atoms with Gasteiger partial charge in [0, 0.05) is 19.3 Å². The zero-order valence-corrected chi connectivity index (χ0v) is 40.6. The molecule has 0 N–H and O–H groups in total. The van der Waals surface area contributed by atoms with Crippen LogP contribution in [0.5, 0.6) is 0 Å². The molecule has 0 bridgehead atoms. The van der Waals surface area contributed by atoms with Gasteiger partial charge in [-0.3, -0.25) is 14.4 Å². The average molecular weight is 865 g/mol. The molecule has 62 heavy (non-hydrogen) atoms. The Morgan fingerprint density at radius 3 is 1.02 bits per heavy atom. The number of hydrogen-bond donors (Lipinski definition) is 0. The lowest BCUT2D eigenvalue weighted by atomic mass is 10.0. The molecule has 0 saturated heterocycles. The fourth-order valence-corrected chi connectivity index (χ4v) is 7.15. The van der Waals surface area contributed by atoms with E-state index in [1.54, 1.807) is 0 Å². The summed E-state index contributed by atoms with van der Waals surface area (Å²) in [4.78, 5) is 37.9. The van der Waals surface area contributed by atoms with E-state index >= 15 is 0 Å². The van der Waals surface area contributed by atoms with Crippen LogP contribution in [0.3, 0.4) is 0 Å². The number of hydrogen-bond acceptors (Lipinski definition) is 6. The van der Waals surface area contributed by atoms with E-state index in [-0.39, 0.29) is 31.1 Å². The van der Waals surface area contributed by atoms with Gasteiger partial charge in [-0.05, 0) is 64.2 Å². The highest BCUT2D eigenvalue weighted by Crippen LogP contribution is 2.15. The summed E-state index contributed by atoms with van der Waals surface area (Å²) < 4.78 is 16.7. The second kappa shape index (κ2) is 50.5. The van der Waals surface area contributed by atoms with Crippen LogP contribution in [0, 0.1) is 0 Å². The lowest BCUT2D eigenvalue weighted by Gasteiger charge is -2.18. The minimum Gasteiger partial charge on any atom is -0.462 e. The van der Waals surface area contributed by atoms with Gasteiger partial charge in [-0.2, -0.15) is 0 Å². The van der Waals surface area contributed by atoms with Crippen molar-refractivity contribution in [3.8, 4) is 0 Å². The normalized spacial score (nSPS) is 12.6. The highest BCUT2D eigenvalue weighted by molar-refractivity contribution is 5.71. The fraction of sp³-hybridized carbons (Fsp3) is 0.732. The molecule has 0 rings (SSSR count). The summed E-state index contributed by atoms with van der Waals surface area (Å²) in [6, 6.07) is 0. The molecule has 1 unspecified atom stereocenters. The third kappa shape index (κ3) is 47.9. The largest absolute Gasteiger partial charge is 0.462 e. The van der Waals surface area contributed by atoms with Crippen molar-refractivity contribution in [1.29, 1.82) is 0 Å². The molecule has 0 amide bonds. The van der Waals surface area contributed by atoms with Crippen molar-refractivity contribution < 1.29 is 28.6 Å². The average Bonchev–Trinajstić information content (AvgIpc) is 3.27. The summed E-state index contributed by atoms with van der Waals surface area (Å²) in [6.07, 6.45) is 63.2. The van der Waals surface area contributed by atoms with Gasteiger partial charge in [-0.1, -0.05) is 235 Å². The molecule has 0 spiro atoms. The second-order valence-corrected chi connectivity index (χ2v) is 17.2. The number of carbonyl (C=O) groups is 3. The Hall–Kier alpha value is -3.15. The van der Waals surface area contributed by atoms with Crippen LogP contribution in [-0.4, -0.2) is 37.2 Å². The predicted molar refractivity (Wildman–Crippen MR) is 265 cm³/mol. The molecule has 0 aromatic carbocycles. The number of unbranched alkanes of at least 4 members (excludes halogenated alkanes) is 27. The van der Waals surface area contributed by atoms with Gasteiger partial charge < -0.3 is 14.2 Å². The highest BCUT2D eigenvalue weighted by atomic mass is 16.6. The minimum atomic E-state index is -0.800. The van der Waals surface area contributed by atoms with Crippen LogP contribution in [0.1, 0.15) is 245 Å². The molecule has 0 aliphatic carbocycles. The lowest BCUT2D eigenvalue weighted by Crippen LogP contribution is -2.30. The monoisotopic (exact) mass is 865 g/mol. The van der Waals surface area contributed by atoms with Crippen molar-refractivity contribution in [2.24, 2.45) is 0 Å². The number of ether oxygens (including phenoxy) is 3. The van der Waals surface area contributed by atoms with Crippen molar-refractivity contribution in [3.05, 3.63) is 72.9 Å². The van der Waals surface area contributed by atoms with Crippen LogP contribution >= 0.6 is 0 Å². The summed E-state index contributed by atoms with van der Waals surface area (Å²) in [6.45, 7) is 6.44. The first kappa shape index (κ1) is 58.9. The van der Waals surface area contributed by atoms with Gasteiger partial charge in [0.05, 0.1) is 0 Å². The van der Waals surface area contributed by atoms with Gasteiger partial charge in [-0.15, -0.1) is 0 Å². The van der Waals surface area contributed by atoms with Crippen molar-refractivity contribution >= 4 is 17.9 Å². The van der Waals surface area contributed by atoms with Crippen molar-refractivity contribution in [2.45, 2.75) is 252 Å². The Morgan fingerprint density at radius 2 is 0.629 bits per heavy atom. The molecule has 6 heteroatoms. The van der Waals surface area contributed by atoms with Crippen LogP contribution < -0.4 is 0 Å². The quantitative estimate of drug-likeness (QED) is 0.0262. The topological polar surface area (TPSA) is 78.9 Å². The van der Waals surface area contributed by atoms with Gasteiger partial charge in [0.25, 0.3) is 0 Å². The van der Waals surface area contributed by atoms with Gasteiger partial charge in [-0.25, -0.2) is 0 Å². The van der Waals surface area contributed by atoms with Gasteiger partial charge >= 0.3 is 17.9 Å². The maximum atomic E-state index is 12.8. The summed E-state index contributed by atoms with van der Waals surface area (Å²) in [5.41, 5.74) is 0. The SMILES string of the molecule is CC/C=C/C=C/C=C/C=C/CCCCCC(=O)OCC(COC(=O)CCCCC/C=C/C=C/CCCCCCCCC)OC(=O)CCCCCCCCCCCCCCCCC. The zero-order chi connectivity index (χ0) is 45.1. The van der Waals surface area contributed by atoms with Gasteiger partial charge in [0.1, 0.15) is 13.2 Å². The summed E-state index contributed by atoms with van der Waals surface area (Å²) in [5.74, 6) is -0.960. The first-order chi connectivity index (χ1) is 30.5. The van der Waals surface area contributed by atoms with Crippen molar-refractivity contribution in [3.63, 3.8) is 0 Å². The molecule has 0 aromatic rings. The Kier molecular flexibility index (Phi) is 47.9. The first-order valence-corrected chi connectivity index (χ1v) is 26.0. The number of allylic oxidation sites excluding steroid dienone is 12. The molecule has 0 aliphatic rings. The van der Waals surface area contributed by atoms with Crippen molar-refractivity contribution in [2.75, 3.05) is 13.2 Å². The molecule has 0 saturated carbocycles. The molecule has 356 valence electrons. The summed E-state index contributed by atoms with van der Waals surface area (Å²) in [7, 11) is 0. The fourth-order valence-electron chi connectivity index (χ4n) is 7.15. The second-order valence-electron chi connectivity index (χ2n) is 17.2. The maximum absolute atomic E-state index is 12.8. The molecule has 0 heterocycles. The Bertz CT molecular complexity index is 1180. The number of carbonyl (C=O) groups excluding carboxylic acids is 3. The molecule has 0 radical (unpaired) electrons. The van der Waals surface area contributed by atoms with E-state index in [9.17, 15) is 14.4 Å². The van der Waals surface area contributed by atoms with E-state index in [2.05, 4.69) is 57.2 Å². The first-order valence-electron chi connectivity index (χ1n) is 26.0. The van der Waals surface area contributed by atoms with E-state index in [1.807, 2.05) is 36.5 Å². The van der Waals surface area contributed by atoms with Crippen LogP contribution in [0.25, 0.3) is 0 Å². The van der Waals surface area contributed by atoms with Crippen LogP contribution in [0.2, 0.25) is 0 Å². The van der Waals surface area contributed by atoms with E-state index in [1.165, 1.54) is 122 Å². The molecule has 0 aliphatic heterocycles. The van der Waals surface area contributed by atoms with Crippen LogP contribution in [-0.2, 0) is 28.6 Å². The Morgan fingerprint density at radius 1 is 0.339 bits per heavy atom. The highest BCUT2D eigenvalue weighted by Gasteiger charge is 2.19. The van der Waals surface area contributed by atoms with Crippen LogP contribution in [0.4, 0.5) is 0 Å². The minimum absolute atomic E-state index is 0.101. The summed E-state index contributed by atoms with van der Waals surface area (Å²) >= 11 is 0. The molecule has 6 nitrogen and oxygen atoms in total. The lowest BCUT2D eigenvalue weighted by molar-refractivity contribution is -0.167. The molecular weight excluding hydrogens is 769 g/mol. The Labute approximate surface area is 382 Å². The Balaban J connectivity index is 4.46. The number of rotatable bonds is 46. The number of esters is 3. The third-order valence-electron chi connectivity index (χ3n) is 11.1. The van der Waals surface area contributed by atoms with E-state index in [4.69, 9.17) is 14.2 Å². The van der Waals surface area contributed by atoms with E-state index in [0.717, 1.165) is 83.5 Å². The molecular formula is C56H96O6. The predicted octanol–water partition coefficient (Wildman–Crippen LogP) is 17.0. The van der Waals surface area contributed by atoms with Crippen molar-refractivity contribution in [1.82, 2.24) is 0 Å². The third-order valence-corrected chi connectivity index (χ3v) is 11.1. The molecule has 0 fully saturated rings. The van der Waals surface area contributed by atoms with Gasteiger partial charge in [0.2, 0.25) is 0 Å². The summed E-state index contributed by atoms with van der Waals surface area (Å²) in [5, 5.41) is 0. The smallest absolute Gasteiger partial charge is 0.306 e. The standard InChI is InChI=1S/C56H96O6/c1-4-7-10-13-16-19-22-25-27-29-31-34-37-40-43-46-49-55(58)61-52-53(51-60-54(57)48-45-42-39-36-33-30-24-21-18-15-12-9-6-3)62-56(59)50-47-44-41-38-35-32-28-26-23-20-17-14-11-8-5-2/h9,12,15,18,21,24,27,29-31,33-34,53H,4-8,10-11,13-14,16-17,19-20,22-23,25-26,28,32,35-52H2,1-3H3/b12-9+,18-15+,24-21+,29-27+,33-30+,34-31+. The van der Waals surface area contributed by atoms with Crippen LogP contribution in [0.15, 0.2) is 72.9 Å². The van der Waals surface area contributed by atoms with E-state index < -0.39 is 6.10 Å². The zero-order valence-electron chi connectivity index (χ0n) is 40.6. The van der Waals surface area contributed by atoms with E-state index in [0.29, 0.717) is 19.3 Å². The molecule has 1 atom stereocenters.